The topological polar surface area (TPSA) is 58.4 Å². The van der Waals surface area contributed by atoms with Gasteiger partial charge in [-0.1, -0.05) is 26.0 Å². The van der Waals surface area contributed by atoms with Crippen LogP contribution in [0, 0.1) is 6.92 Å². The van der Waals surface area contributed by atoms with Crippen molar-refractivity contribution >= 4 is 11.6 Å². The average molecular weight is 249 g/mol. The minimum Gasteiger partial charge on any atom is -0.398 e. The number of para-hydroxylation sites is 1. The molecular formula is C14H23N3O. The van der Waals surface area contributed by atoms with Crippen LogP contribution in [0.5, 0.6) is 0 Å². The number of likely N-dealkylation sites (N-methyl/N-ethyl adjacent to an activating group) is 1. The molecule has 18 heavy (non-hydrogen) atoms. The van der Waals surface area contributed by atoms with Crippen LogP contribution in [0.1, 0.15) is 29.8 Å². The highest BCUT2D eigenvalue weighted by molar-refractivity contribution is 5.99. The number of hydrogen-bond donors (Lipinski definition) is 2. The second-order valence-electron chi connectivity index (χ2n) is 4.32. The van der Waals surface area contributed by atoms with Crippen LogP contribution in [0.4, 0.5) is 5.69 Å². The quantitative estimate of drug-likeness (QED) is 0.754. The Morgan fingerprint density at radius 1 is 1.33 bits per heavy atom. The Hall–Kier alpha value is -1.55. The summed E-state index contributed by atoms with van der Waals surface area (Å²) in [6.45, 7) is 9.64. The van der Waals surface area contributed by atoms with E-state index in [1.807, 2.05) is 19.1 Å². The predicted molar refractivity (Wildman–Crippen MR) is 75.7 cm³/mol. The second-order valence-corrected chi connectivity index (χ2v) is 4.32. The summed E-state index contributed by atoms with van der Waals surface area (Å²) in [4.78, 5) is 14.2. The first-order valence-corrected chi connectivity index (χ1v) is 6.45. The Kier molecular flexibility index (Phi) is 5.65. The first kappa shape index (κ1) is 14.5. The van der Waals surface area contributed by atoms with E-state index in [0.717, 1.165) is 25.2 Å². The molecule has 0 bridgehead atoms. The molecule has 4 nitrogen and oxygen atoms in total. The summed E-state index contributed by atoms with van der Waals surface area (Å²) in [5.41, 5.74) is 7.96. The first-order valence-electron chi connectivity index (χ1n) is 6.45. The predicted octanol–water partition coefficient (Wildman–Crippen LogP) is 1.65. The number of anilines is 1. The lowest BCUT2D eigenvalue weighted by molar-refractivity contribution is 0.0949. The number of nitrogens with one attached hydrogen (secondary N) is 1. The summed E-state index contributed by atoms with van der Waals surface area (Å²) in [5, 5.41) is 2.91. The number of hydrogen-bond acceptors (Lipinski definition) is 3. The van der Waals surface area contributed by atoms with Crippen molar-refractivity contribution in [1.82, 2.24) is 10.2 Å². The highest BCUT2D eigenvalue weighted by Gasteiger charge is 2.10. The van der Waals surface area contributed by atoms with Crippen molar-refractivity contribution in [2.45, 2.75) is 20.8 Å². The van der Waals surface area contributed by atoms with E-state index in [2.05, 4.69) is 24.1 Å². The number of rotatable bonds is 6. The molecule has 0 aliphatic rings. The SMILES string of the molecule is CCN(CC)CCNC(=O)c1cccc(C)c1N. The van der Waals surface area contributed by atoms with Crippen LogP contribution in [0.2, 0.25) is 0 Å². The number of benzene rings is 1. The van der Waals surface area contributed by atoms with Gasteiger partial charge < -0.3 is 16.0 Å². The normalized spacial score (nSPS) is 10.7. The van der Waals surface area contributed by atoms with Gasteiger partial charge in [0.25, 0.3) is 5.91 Å². The molecule has 0 fully saturated rings. The molecule has 1 amide bonds. The van der Waals surface area contributed by atoms with Crippen molar-refractivity contribution in [2.24, 2.45) is 0 Å². The molecule has 0 aromatic heterocycles. The van der Waals surface area contributed by atoms with E-state index in [9.17, 15) is 4.79 Å². The lowest BCUT2D eigenvalue weighted by Crippen LogP contribution is -2.35. The lowest BCUT2D eigenvalue weighted by atomic mass is 10.1. The van der Waals surface area contributed by atoms with Gasteiger partial charge in [-0.25, -0.2) is 0 Å². The monoisotopic (exact) mass is 249 g/mol. The second kappa shape index (κ2) is 7.01. The van der Waals surface area contributed by atoms with Gasteiger partial charge in [-0.15, -0.1) is 0 Å². The van der Waals surface area contributed by atoms with Crippen molar-refractivity contribution in [1.29, 1.82) is 0 Å². The fourth-order valence-corrected chi connectivity index (χ4v) is 1.84. The molecule has 0 spiro atoms. The van der Waals surface area contributed by atoms with Crippen molar-refractivity contribution in [3.63, 3.8) is 0 Å². The molecule has 3 N–H and O–H groups in total. The number of aryl methyl sites for hydroxylation is 1. The van der Waals surface area contributed by atoms with Crippen molar-refractivity contribution in [3.05, 3.63) is 29.3 Å². The van der Waals surface area contributed by atoms with Gasteiger partial charge in [0.2, 0.25) is 0 Å². The molecule has 0 atom stereocenters. The maximum atomic E-state index is 12.0. The lowest BCUT2D eigenvalue weighted by Gasteiger charge is -2.18. The summed E-state index contributed by atoms with van der Waals surface area (Å²) in [6, 6.07) is 5.52. The number of nitrogen functional groups attached to an aromatic ring is 1. The number of amides is 1. The van der Waals surface area contributed by atoms with Crippen molar-refractivity contribution < 1.29 is 4.79 Å². The van der Waals surface area contributed by atoms with Crippen LogP contribution in [0.3, 0.4) is 0 Å². The largest absolute Gasteiger partial charge is 0.398 e. The van der Waals surface area contributed by atoms with E-state index >= 15 is 0 Å². The van der Waals surface area contributed by atoms with Crippen LogP contribution in [-0.2, 0) is 0 Å². The standard InChI is InChI=1S/C14H23N3O/c1-4-17(5-2)10-9-16-14(18)12-8-6-7-11(3)13(12)15/h6-8H,4-5,9-10,15H2,1-3H3,(H,16,18). The molecule has 0 unspecified atom stereocenters. The van der Waals surface area contributed by atoms with Crippen LogP contribution in [0.15, 0.2) is 18.2 Å². The summed E-state index contributed by atoms with van der Waals surface area (Å²) in [7, 11) is 0. The van der Waals surface area contributed by atoms with Gasteiger partial charge in [0.1, 0.15) is 0 Å². The van der Waals surface area contributed by atoms with Gasteiger partial charge in [0.05, 0.1) is 5.56 Å². The van der Waals surface area contributed by atoms with E-state index in [0.29, 0.717) is 17.8 Å². The Morgan fingerprint density at radius 2 is 2.00 bits per heavy atom. The molecule has 0 heterocycles. The van der Waals surface area contributed by atoms with Crippen LogP contribution in [-0.4, -0.2) is 37.0 Å². The molecule has 0 saturated carbocycles. The number of nitrogens with zero attached hydrogens (tertiary/aromatic N) is 1. The van der Waals surface area contributed by atoms with E-state index < -0.39 is 0 Å². The zero-order valence-corrected chi connectivity index (χ0v) is 11.5. The third kappa shape index (κ3) is 3.74. The summed E-state index contributed by atoms with van der Waals surface area (Å²) < 4.78 is 0. The molecule has 1 aromatic rings. The van der Waals surface area contributed by atoms with Gasteiger partial charge in [-0.05, 0) is 31.6 Å². The Morgan fingerprint density at radius 3 is 2.61 bits per heavy atom. The van der Waals surface area contributed by atoms with Crippen LogP contribution < -0.4 is 11.1 Å². The van der Waals surface area contributed by atoms with E-state index in [-0.39, 0.29) is 5.91 Å². The molecule has 4 heteroatoms. The van der Waals surface area contributed by atoms with Crippen LogP contribution >= 0.6 is 0 Å². The zero-order valence-electron chi connectivity index (χ0n) is 11.5. The minimum atomic E-state index is -0.0941. The van der Waals surface area contributed by atoms with Gasteiger partial charge in [0.15, 0.2) is 0 Å². The Bertz CT molecular complexity index is 400. The highest BCUT2D eigenvalue weighted by atomic mass is 16.1. The van der Waals surface area contributed by atoms with Gasteiger partial charge in [-0.2, -0.15) is 0 Å². The van der Waals surface area contributed by atoms with Gasteiger partial charge >= 0.3 is 0 Å². The molecule has 0 radical (unpaired) electrons. The van der Waals surface area contributed by atoms with E-state index in [4.69, 9.17) is 5.73 Å². The molecular weight excluding hydrogens is 226 g/mol. The number of nitrogens with two attached hydrogens (primary N) is 1. The third-order valence-electron chi connectivity index (χ3n) is 3.18. The maximum absolute atomic E-state index is 12.0. The molecule has 1 aromatic carbocycles. The van der Waals surface area contributed by atoms with Crippen LogP contribution in [0.25, 0.3) is 0 Å². The summed E-state index contributed by atoms with van der Waals surface area (Å²) in [5.74, 6) is -0.0941. The van der Waals surface area contributed by atoms with Gasteiger partial charge in [-0.3, -0.25) is 4.79 Å². The summed E-state index contributed by atoms with van der Waals surface area (Å²) >= 11 is 0. The van der Waals surface area contributed by atoms with Gasteiger partial charge in [0, 0.05) is 18.8 Å². The smallest absolute Gasteiger partial charge is 0.253 e. The first-order chi connectivity index (χ1) is 8.60. The maximum Gasteiger partial charge on any atom is 0.253 e. The molecule has 0 aliphatic heterocycles. The van der Waals surface area contributed by atoms with Crippen molar-refractivity contribution in [2.75, 3.05) is 31.9 Å². The van der Waals surface area contributed by atoms with E-state index in [1.165, 1.54) is 0 Å². The molecule has 100 valence electrons. The molecule has 0 aliphatic carbocycles. The van der Waals surface area contributed by atoms with Crippen molar-refractivity contribution in [3.8, 4) is 0 Å². The fraction of sp³-hybridized carbons (Fsp3) is 0.500. The molecule has 0 saturated heterocycles. The zero-order chi connectivity index (χ0) is 13.5. The number of carbonyl (C=O) groups excluding carboxylic acids is 1. The Balaban J connectivity index is 2.53. The highest BCUT2D eigenvalue weighted by Crippen LogP contribution is 2.15. The average Bonchev–Trinajstić information content (AvgIpc) is 2.37. The van der Waals surface area contributed by atoms with E-state index in [1.54, 1.807) is 6.07 Å². The molecule has 1 rings (SSSR count). The Labute approximate surface area is 109 Å². The fourth-order valence-electron chi connectivity index (χ4n) is 1.84. The summed E-state index contributed by atoms with van der Waals surface area (Å²) in [6.07, 6.45) is 0. The third-order valence-corrected chi connectivity index (χ3v) is 3.18. The minimum absolute atomic E-state index is 0.0941. The number of carbonyl (C=O) groups is 1.